The lowest BCUT2D eigenvalue weighted by atomic mass is 9.85. The summed E-state index contributed by atoms with van der Waals surface area (Å²) in [5.41, 5.74) is 6.27. The molecule has 3 fully saturated rings. The molecule has 0 saturated heterocycles. The van der Waals surface area contributed by atoms with Gasteiger partial charge in [-0.25, -0.2) is 0 Å². The summed E-state index contributed by atoms with van der Waals surface area (Å²) in [5.74, 6) is 4.07. The lowest BCUT2D eigenvalue weighted by Crippen LogP contribution is -2.34. The van der Waals surface area contributed by atoms with Gasteiger partial charge in [0.1, 0.15) is 0 Å². The van der Waals surface area contributed by atoms with Crippen molar-refractivity contribution in [2.45, 2.75) is 50.0 Å². The smallest absolute Gasteiger partial charge is 0.231 e. The molecule has 4 atom stereocenters. The normalized spacial score (nSPS) is 41.8. The van der Waals surface area contributed by atoms with Crippen LogP contribution < -0.4 is 5.73 Å². The summed E-state index contributed by atoms with van der Waals surface area (Å²) in [6.07, 6.45) is 6.31. The predicted molar refractivity (Wildman–Crippen MR) is 57.8 cm³/mol. The van der Waals surface area contributed by atoms with Crippen molar-refractivity contribution < 1.29 is 4.52 Å². The van der Waals surface area contributed by atoms with E-state index in [4.69, 9.17) is 10.3 Å². The summed E-state index contributed by atoms with van der Waals surface area (Å²) in [6, 6.07) is 0.256. The highest BCUT2D eigenvalue weighted by atomic mass is 16.5. The maximum absolute atomic E-state index is 6.27. The highest BCUT2D eigenvalue weighted by Gasteiger charge is 2.49. The average Bonchev–Trinajstić information content (AvgIpc) is 2.77. The molecule has 3 aliphatic carbocycles. The largest absolute Gasteiger partial charge is 0.339 e. The van der Waals surface area contributed by atoms with E-state index in [1.807, 2.05) is 0 Å². The van der Waals surface area contributed by atoms with Crippen LogP contribution in [0.15, 0.2) is 4.52 Å². The van der Waals surface area contributed by atoms with E-state index in [0.717, 1.165) is 11.7 Å². The third-order valence-corrected chi connectivity index (χ3v) is 4.67. The molecule has 86 valence electrons. The Morgan fingerprint density at radius 1 is 1.12 bits per heavy atom. The van der Waals surface area contributed by atoms with Gasteiger partial charge in [-0.15, -0.1) is 0 Å². The zero-order chi connectivity index (χ0) is 10.7. The number of fused-ring (bicyclic) bond motifs is 2. The summed E-state index contributed by atoms with van der Waals surface area (Å²) in [6.45, 7) is 0. The second kappa shape index (κ2) is 3.06. The van der Waals surface area contributed by atoms with Crippen LogP contribution in [-0.4, -0.2) is 16.2 Å². The van der Waals surface area contributed by atoms with Gasteiger partial charge in [-0.1, -0.05) is 5.16 Å². The molecular weight excluding hydrogens is 202 g/mol. The van der Waals surface area contributed by atoms with Gasteiger partial charge in [0, 0.05) is 12.0 Å². The zero-order valence-corrected chi connectivity index (χ0v) is 9.30. The minimum absolute atomic E-state index is 0.256. The third-order valence-electron chi connectivity index (χ3n) is 4.67. The molecule has 4 nitrogen and oxygen atoms in total. The Morgan fingerprint density at radius 3 is 2.62 bits per heavy atom. The van der Waals surface area contributed by atoms with E-state index in [1.165, 1.54) is 32.1 Å². The third kappa shape index (κ3) is 1.19. The monoisotopic (exact) mass is 219 g/mol. The summed E-state index contributed by atoms with van der Waals surface area (Å²) < 4.78 is 5.43. The molecule has 3 aliphatic rings. The van der Waals surface area contributed by atoms with Gasteiger partial charge >= 0.3 is 0 Å². The fraction of sp³-hybridized carbons (Fsp3) is 0.833. The maximum atomic E-state index is 6.27. The molecule has 0 radical (unpaired) electrons. The van der Waals surface area contributed by atoms with Crippen molar-refractivity contribution in [3.05, 3.63) is 11.7 Å². The van der Waals surface area contributed by atoms with Crippen LogP contribution in [0.25, 0.3) is 0 Å². The van der Waals surface area contributed by atoms with Crippen LogP contribution in [-0.2, 0) is 0 Å². The SMILES string of the molecule is NC1C2CCC(C2)C1c1nc(C2CC2)no1. The Hall–Kier alpha value is -0.900. The molecular formula is C12H17N3O. The standard InChI is InChI=1S/C12H17N3O/c13-10-8-4-3-7(5-8)9(10)12-14-11(15-16-12)6-1-2-6/h6-10H,1-5,13H2. The van der Waals surface area contributed by atoms with Crippen molar-refractivity contribution in [1.82, 2.24) is 10.1 Å². The quantitative estimate of drug-likeness (QED) is 0.823. The van der Waals surface area contributed by atoms with Crippen LogP contribution in [0.2, 0.25) is 0 Å². The first-order valence-electron chi connectivity index (χ1n) is 6.42. The average molecular weight is 219 g/mol. The van der Waals surface area contributed by atoms with Crippen LogP contribution in [0.5, 0.6) is 0 Å². The highest BCUT2D eigenvalue weighted by Crippen LogP contribution is 2.52. The molecule has 4 unspecified atom stereocenters. The molecule has 1 aromatic heterocycles. The van der Waals surface area contributed by atoms with Crippen molar-refractivity contribution in [2.75, 3.05) is 0 Å². The van der Waals surface area contributed by atoms with Gasteiger partial charge in [-0.3, -0.25) is 0 Å². The number of rotatable bonds is 2. The second-order valence-corrected chi connectivity index (χ2v) is 5.70. The molecule has 0 spiro atoms. The summed E-state index contributed by atoms with van der Waals surface area (Å²) >= 11 is 0. The van der Waals surface area contributed by atoms with Crippen molar-refractivity contribution in [2.24, 2.45) is 17.6 Å². The minimum Gasteiger partial charge on any atom is -0.339 e. The van der Waals surface area contributed by atoms with Gasteiger partial charge in [-0.05, 0) is 43.9 Å². The molecule has 2 bridgehead atoms. The molecule has 2 N–H and O–H groups in total. The van der Waals surface area contributed by atoms with Gasteiger partial charge in [0.15, 0.2) is 5.82 Å². The van der Waals surface area contributed by atoms with Crippen molar-refractivity contribution in [3.63, 3.8) is 0 Å². The van der Waals surface area contributed by atoms with E-state index in [-0.39, 0.29) is 6.04 Å². The Kier molecular flexibility index (Phi) is 1.76. The van der Waals surface area contributed by atoms with Gasteiger partial charge < -0.3 is 10.3 Å². The predicted octanol–water partition coefficient (Wildman–Crippen LogP) is 1.79. The lowest BCUT2D eigenvalue weighted by molar-refractivity contribution is 0.278. The van der Waals surface area contributed by atoms with Crippen LogP contribution in [0, 0.1) is 11.8 Å². The second-order valence-electron chi connectivity index (χ2n) is 5.70. The first-order valence-corrected chi connectivity index (χ1v) is 6.42. The van der Waals surface area contributed by atoms with Crippen molar-refractivity contribution in [1.29, 1.82) is 0 Å². The Balaban J connectivity index is 1.63. The Morgan fingerprint density at radius 2 is 1.94 bits per heavy atom. The number of hydrogen-bond donors (Lipinski definition) is 1. The van der Waals surface area contributed by atoms with Crippen LogP contribution >= 0.6 is 0 Å². The Labute approximate surface area is 94.6 Å². The molecule has 1 heterocycles. The molecule has 0 amide bonds. The molecule has 4 rings (SSSR count). The maximum Gasteiger partial charge on any atom is 0.231 e. The summed E-state index contributed by atoms with van der Waals surface area (Å²) in [4.78, 5) is 4.57. The lowest BCUT2D eigenvalue weighted by Gasteiger charge is -2.24. The van der Waals surface area contributed by atoms with E-state index in [2.05, 4.69) is 10.1 Å². The van der Waals surface area contributed by atoms with Gasteiger partial charge in [0.25, 0.3) is 0 Å². The van der Waals surface area contributed by atoms with Gasteiger partial charge in [-0.2, -0.15) is 4.98 Å². The number of hydrogen-bond acceptors (Lipinski definition) is 4. The zero-order valence-electron chi connectivity index (χ0n) is 9.30. The minimum atomic E-state index is 0.256. The fourth-order valence-corrected chi connectivity index (χ4v) is 3.59. The van der Waals surface area contributed by atoms with Crippen LogP contribution in [0.3, 0.4) is 0 Å². The highest BCUT2D eigenvalue weighted by molar-refractivity contribution is 5.13. The number of nitrogens with two attached hydrogens (primary N) is 1. The molecule has 0 aromatic carbocycles. The summed E-state index contributed by atoms with van der Waals surface area (Å²) in [5, 5.41) is 4.10. The van der Waals surface area contributed by atoms with Gasteiger partial charge in [0.2, 0.25) is 5.89 Å². The van der Waals surface area contributed by atoms with Crippen molar-refractivity contribution in [3.8, 4) is 0 Å². The van der Waals surface area contributed by atoms with E-state index < -0.39 is 0 Å². The number of nitrogens with zero attached hydrogens (tertiary/aromatic N) is 2. The molecule has 3 saturated carbocycles. The Bertz CT molecular complexity index is 410. The summed E-state index contributed by atoms with van der Waals surface area (Å²) in [7, 11) is 0. The molecule has 16 heavy (non-hydrogen) atoms. The first-order chi connectivity index (χ1) is 7.83. The van der Waals surface area contributed by atoms with E-state index >= 15 is 0 Å². The molecule has 0 aliphatic heterocycles. The van der Waals surface area contributed by atoms with E-state index in [0.29, 0.717) is 23.7 Å². The molecule has 1 aromatic rings. The first kappa shape index (κ1) is 9.16. The fourth-order valence-electron chi connectivity index (χ4n) is 3.59. The number of aromatic nitrogens is 2. The molecule has 4 heteroatoms. The van der Waals surface area contributed by atoms with Gasteiger partial charge in [0.05, 0.1) is 5.92 Å². The van der Waals surface area contributed by atoms with Crippen LogP contribution in [0.1, 0.15) is 55.7 Å². The van der Waals surface area contributed by atoms with Crippen molar-refractivity contribution >= 4 is 0 Å². The topological polar surface area (TPSA) is 64.9 Å². The van der Waals surface area contributed by atoms with Crippen LogP contribution in [0.4, 0.5) is 0 Å². The van der Waals surface area contributed by atoms with E-state index in [9.17, 15) is 0 Å². The van der Waals surface area contributed by atoms with E-state index in [1.54, 1.807) is 0 Å².